The molecule has 1 unspecified atom stereocenters. The maximum atomic E-state index is 12.3. The molecule has 7 heteroatoms. The minimum atomic E-state index is -0.678. The number of fused-ring (bicyclic) bond motifs is 2. The van der Waals surface area contributed by atoms with Gasteiger partial charge >= 0.3 is 0 Å². The SMILES string of the molecule is O=C1COC2(CCOC2)c2nc(Cl)cc(OC3COC3)c21. The van der Waals surface area contributed by atoms with E-state index in [2.05, 4.69) is 4.98 Å². The van der Waals surface area contributed by atoms with E-state index in [1.165, 1.54) is 0 Å². The van der Waals surface area contributed by atoms with E-state index < -0.39 is 5.60 Å². The van der Waals surface area contributed by atoms with E-state index in [1.807, 2.05) is 0 Å². The van der Waals surface area contributed by atoms with Crippen molar-refractivity contribution in [3.63, 3.8) is 0 Å². The van der Waals surface area contributed by atoms with Crippen LogP contribution >= 0.6 is 11.6 Å². The summed E-state index contributed by atoms with van der Waals surface area (Å²) >= 11 is 6.11. The molecule has 1 aromatic rings. The number of rotatable bonds is 2. The normalized spacial score (nSPS) is 28.5. The van der Waals surface area contributed by atoms with Crippen LogP contribution in [0.25, 0.3) is 0 Å². The number of aromatic nitrogens is 1. The zero-order valence-electron chi connectivity index (χ0n) is 11.3. The predicted octanol–water partition coefficient (Wildman–Crippen LogP) is 1.34. The maximum absolute atomic E-state index is 12.3. The van der Waals surface area contributed by atoms with Crippen molar-refractivity contribution >= 4 is 17.4 Å². The van der Waals surface area contributed by atoms with E-state index in [1.54, 1.807) is 6.07 Å². The molecule has 0 N–H and O–H groups in total. The largest absolute Gasteiger partial charge is 0.485 e. The third-order valence-corrected chi connectivity index (χ3v) is 4.22. The van der Waals surface area contributed by atoms with Gasteiger partial charge in [0.2, 0.25) is 0 Å². The Balaban J connectivity index is 1.82. The zero-order valence-corrected chi connectivity index (χ0v) is 12.0. The van der Waals surface area contributed by atoms with Crippen LogP contribution in [-0.4, -0.2) is 49.9 Å². The number of hydrogen-bond donors (Lipinski definition) is 0. The molecule has 0 aliphatic carbocycles. The molecule has 21 heavy (non-hydrogen) atoms. The number of hydrogen-bond acceptors (Lipinski definition) is 6. The highest BCUT2D eigenvalue weighted by Crippen LogP contribution is 2.42. The quantitative estimate of drug-likeness (QED) is 0.768. The number of carbonyl (C=O) groups is 1. The summed E-state index contributed by atoms with van der Waals surface area (Å²) in [6.07, 6.45) is 0.617. The van der Waals surface area contributed by atoms with Crippen LogP contribution in [0.5, 0.6) is 5.75 Å². The fourth-order valence-electron chi connectivity index (χ4n) is 2.84. The Morgan fingerprint density at radius 1 is 1.38 bits per heavy atom. The molecule has 1 atom stereocenters. The van der Waals surface area contributed by atoms with E-state index in [4.69, 9.17) is 30.5 Å². The molecular formula is C14H14ClNO5. The lowest BCUT2D eigenvalue weighted by molar-refractivity contribution is -0.0814. The van der Waals surface area contributed by atoms with Crippen LogP contribution in [0.15, 0.2) is 6.07 Å². The van der Waals surface area contributed by atoms with Crippen LogP contribution in [0, 0.1) is 0 Å². The molecular weight excluding hydrogens is 298 g/mol. The highest BCUT2D eigenvalue weighted by atomic mass is 35.5. The van der Waals surface area contributed by atoms with Gasteiger partial charge in [-0.15, -0.1) is 0 Å². The summed E-state index contributed by atoms with van der Waals surface area (Å²) in [6.45, 7) is 2.01. The molecule has 0 amide bonds. The van der Waals surface area contributed by atoms with Gasteiger partial charge in [-0.05, 0) is 0 Å². The maximum Gasteiger partial charge on any atom is 0.194 e. The number of carbonyl (C=O) groups excluding carboxylic acids is 1. The molecule has 3 aliphatic rings. The summed E-state index contributed by atoms with van der Waals surface area (Å²) < 4.78 is 22.1. The number of Topliss-reactive ketones (excluding diaryl/α,β-unsaturated/α-hetero) is 1. The first-order valence-electron chi connectivity index (χ1n) is 6.88. The van der Waals surface area contributed by atoms with Crippen LogP contribution in [0.3, 0.4) is 0 Å². The summed E-state index contributed by atoms with van der Waals surface area (Å²) in [6, 6.07) is 1.59. The van der Waals surface area contributed by atoms with Crippen LogP contribution in [0.1, 0.15) is 22.5 Å². The van der Waals surface area contributed by atoms with E-state index >= 15 is 0 Å². The molecule has 3 aliphatic heterocycles. The monoisotopic (exact) mass is 311 g/mol. The second-order valence-corrected chi connectivity index (χ2v) is 5.84. The van der Waals surface area contributed by atoms with Gasteiger partial charge in [-0.25, -0.2) is 4.98 Å². The van der Waals surface area contributed by atoms with Crippen LogP contribution in [0.2, 0.25) is 5.15 Å². The van der Waals surface area contributed by atoms with E-state index in [0.29, 0.717) is 49.9 Å². The van der Waals surface area contributed by atoms with Crippen LogP contribution in [-0.2, 0) is 19.8 Å². The fourth-order valence-corrected chi connectivity index (χ4v) is 3.02. The summed E-state index contributed by atoms with van der Waals surface area (Å²) in [5.74, 6) is 0.333. The lowest BCUT2D eigenvalue weighted by atomic mass is 9.89. The van der Waals surface area contributed by atoms with Gasteiger partial charge in [-0.3, -0.25) is 4.79 Å². The lowest BCUT2D eigenvalue weighted by Crippen LogP contribution is -2.42. The average molecular weight is 312 g/mol. The second-order valence-electron chi connectivity index (χ2n) is 5.45. The van der Waals surface area contributed by atoms with E-state index in [9.17, 15) is 4.79 Å². The van der Waals surface area contributed by atoms with E-state index in [0.717, 1.165) is 0 Å². The molecule has 6 nitrogen and oxygen atoms in total. The first-order valence-corrected chi connectivity index (χ1v) is 7.26. The van der Waals surface area contributed by atoms with Gasteiger partial charge in [0.15, 0.2) is 5.78 Å². The molecule has 112 valence electrons. The molecule has 2 saturated heterocycles. The summed E-state index contributed by atoms with van der Waals surface area (Å²) in [4.78, 5) is 16.6. The lowest BCUT2D eigenvalue weighted by Gasteiger charge is -2.34. The molecule has 4 rings (SSSR count). The molecule has 4 heterocycles. The van der Waals surface area contributed by atoms with Crippen LogP contribution in [0.4, 0.5) is 0 Å². The second kappa shape index (κ2) is 4.91. The summed E-state index contributed by atoms with van der Waals surface area (Å²) in [7, 11) is 0. The van der Waals surface area contributed by atoms with Gasteiger partial charge in [0, 0.05) is 19.1 Å². The Hall–Kier alpha value is -1.21. The summed E-state index contributed by atoms with van der Waals surface area (Å²) in [5, 5.41) is 0.286. The molecule has 0 aromatic carbocycles. The predicted molar refractivity (Wildman–Crippen MR) is 71.9 cm³/mol. The molecule has 0 radical (unpaired) electrons. The van der Waals surface area contributed by atoms with Crippen molar-refractivity contribution in [3.05, 3.63) is 22.5 Å². The van der Waals surface area contributed by atoms with Gasteiger partial charge in [0.05, 0.1) is 31.1 Å². The molecule has 0 saturated carbocycles. The van der Waals surface area contributed by atoms with Gasteiger partial charge in [0.1, 0.15) is 29.2 Å². The Kier molecular flexibility index (Phi) is 3.15. The highest BCUT2D eigenvalue weighted by Gasteiger charge is 2.47. The first-order chi connectivity index (χ1) is 10.2. The number of nitrogens with zero attached hydrogens (tertiary/aromatic N) is 1. The van der Waals surface area contributed by atoms with Crippen molar-refractivity contribution in [1.82, 2.24) is 4.98 Å². The van der Waals surface area contributed by atoms with Crippen LogP contribution < -0.4 is 4.74 Å². The first kappa shape index (κ1) is 13.5. The highest BCUT2D eigenvalue weighted by molar-refractivity contribution is 6.29. The number of pyridine rings is 1. The van der Waals surface area contributed by atoms with Gasteiger partial charge in [-0.1, -0.05) is 11.6 Å². The zero-order chi connectivity index (χ0) is 14.4. The third kappa shape index (κ3) is 2.14. The Morgan fingerprint density at radius 3 is 2.90 bits per heavy atom. The molecule has 0 bridgehead atoms. The van der Waals surface area contributed by atoms with Crippen molar-refractivity contribution < 1.29 is 23.7 Å². The number of ketones is 1. The topological polar surface area (TPSA) is 66.9 Å². The standard InChI is InChI=1S/C14H14ClNO5/c15-11-3-10(21-8-4-19-5-8)12-9(17)6-20-14(13(12)16-11)1-2-18-7-14/h3,8H,1-2,4-7H2. The molecule has 2 fully saturated rings. The van der Waals surface area contributed by atoms with Gasteiger partial charge < -0.3 is 18.9 Å². The Labute approximate surface area is 126 Å². The third-order valence-electron chi connectivity index (χ3n) is 4.03. The summed E-state index contributed by atoms with van der Waals surface area (Å²) in [5.41, 5.74) is 0.338. The number of ether oxygens (including phenoxy) is 4. The van der Waals surface area contributed by atoms with E-state index in [-0.39, 0.29) is 23.6 Å². The van der Waals surface area contributed by atoms with Crippen molar-refractivity contribution in [2.45, 2.75) is 18.1 Å². The smallest absolute Gasteiger partial charge is 0.194 e. The Morgan fingerprint density at radius 2 is 2.24 bits per heavy atom. The fraction of sp³-hybridized carbons (Fsp3) is 0.571. The minimum Gasteiger partial charge on any atom is -0.485 e. The minimum absolute atomic E-state index is 0.0111. The van der Waals surface area contributed by atoms with Gasteiger partial charge in [0.25, 0.3) is 0 Å². The van der Waals surface area contributed by atoms with Crippen molar-refractivity contribution in [3.8, 4) is 5.75 Å². The molecule has 1 spiro atoms. The number of halogens is 1. The molecule has 1 aromatic heterocycles. The van der Waals surface area contributed by atoms with Crippen molar-refractivity contribution in [1.29, 1.82) is 0 Å². The van der Waals surface area contributed by atoms with Crippen molar-refractivity contribution in [2.75, 3.05) is 33.0 Å². The average Bonchev–Trinajstić information content (AvgIpc) is 2.88. The Bertz CT molecular complexity index is 595. The van der Waals surface area contributed by atoms with Crippen molar-refractivity contribution in [2.24, 2.45) is 0 Å². The van der Waals surface area contributed by atoms with Gasteiger partial charge in [-0.2, -0.15) is 0 Å².